The lowest BCUT2D eigenvalue weighted by atomic mass is 10.0. The van der Waals surface area contributed by atoms with Crippen molar-refractivity contribution in [3.8, 4) is 0 Å². The van der Waals surface area contributed by atoms with Crippen LogP contribution in [0.4, 0.5) is 0 Å². The van der Waals surface area contributed by atoms with E-state index in [2.05, 4.69) is 10.6 Å². The van der Waals surface area contributed by atoms with Crippen LogP contribution in [-0.2, 0) is 19.2 Å². The quantitative estimate of drug-likeness (QED) is 0.407. The molecule has 0 aromatic carbocycles. The van der Waals surface area contributed by atoms with Gasteiger partial charge in [0.1, 0.15) is 6.04 Å². The summed E-state index contributed by atoms with van der Waals surface area (Å²) in [5.41, 5.74) is 0.250. The molecular formula is C15H18N2O7S2. The minimum atomic E-state index is -1.54. The lowest BCUT2D eigenvalue weighted by Crippen LogP contribution is -2.55. The number of carboxylic acid groups (broad SMARTS) is 3. The molecule has 26 heavy (non-hydrogen) atoms. The number of carbonyl (C=O) groups excluding carboxylic acids is 1. The molecule has 0 unspecified atom stereocenters. The van der Waals surface area contributed by atoms with Crippen LogP contribution in [0, 0.1) is 0 Å². The van der Waals surface area contributed by atoms with Crippen molar-refractivity contribution in [1.29, 1.82) is 0 Å². The van der Waals surface area contributed by atoms with Gasteiger partial charge in [0.15, 0.2) is 12.0 Å². The lowest BCUT2D eigenvalue weighted by Gasteiger charge is -2.23. The smallest absolute Gasteiger partial charge is 0.328 e. The number of carbonyl (C=O) groups is 4. The van der Waals surface area contributed by atoms with E-state index >= 15 is 0 Å². The van der Waals surface area contributed by atoms with Gasteiger partial charge >= 0.3 is 17.9 Å². The summed E-state index contributed by atoms with van der Waals surface area (Å²) < 4.78 is -0.811. The zero-order valence-corrected chi connectivity index (χ0v) is 15.5. The Morgan fingerprint density at radius 3 is 2.27 bits per heavy atom. The molecule has 1 aromatic rings. The van der Waals surface area contributed by atoms with E-state index in [1.807, 2.05) is 0 Å². The van der Waals surface area contributed by atoms with Crippen molar-refractivity contribution in [1.82, 2.24) is 10.6 Å². The van der Waals surface area contributed by atoms with Gasteiger partial charge in [0, 0.05) is 4.75 Å². The molecule has 0 bridgehead atoms. The first-order valence-corrected chi connectivity index (χ1v) is 9.31. The molecule has 0 radical (unpaired) electrons. The molecule has 1 saturated heterocycles. The molecule has 1 aromatic heterocycles. The number of aliphatic carboxylic acids is 3. The SMILES string of the molecule is CC1(C)S[C@H]([C@H](NC(=O)[C@H](C(=O)O)c2ccsc2)C(=O)O)N[C@H]1C(=O)O. The molecule has 0 aliphatic carbocycles. The van der Waals surface area contributed by atoms with Gasteiger partial charge in [-0.25, -0.2) is 4.79 Å². The fraction of sp³-hybridized carbons (Fsp3) is 0.467. The highest BCUT2D eigenvalue weighted by Gasteiger charge is 2.49. The molecule has 1 aliphatic heterocycles. The maximum absolute atomic E-state index is 12.4. The second kappa shape index (κ2) is 7.64. The Balaban J connectivity index is 2.21. The number of hydrogen-bond acceptors (Lipinski definition) is 7. The molecule has 11 heteroatoms. The van der Waals surface area contributed by atoms with Crippen molar-refractivity contribution in [2.45, 2.75) is 42.0 Å². The molecule has 4 atom stereocenters. The normalized spacial score (nSPS) is 23.8. The molecule has 1 aliphatic rings. The highest BCUT2D eigenvalue weighted by atomic mass is 32.2. The summed E-state index contributed by atoms with van der Waals surface area (Å²) in [6.07, 6.45) is 0. The Bertz CT molecular complexity index is 720. The molecule has 5 N–H and O–H groups in total. The zero-order valence-electron chi connectivity index (χ0n) is 13.8. The number of amides is 1. The standard InChI is InChI=1S/C15H18N2O7S2/c1-15(2)9(14(23)24)17-11(26-15)8(13(21)22)16-10(18)7(12(19)20)6-3-4-25-5-6/h3-5,7-9,11,17H,1-2H3,(H,16,18)(H,19,20)(H,21,22)(H,23,24)/t7-,8+,9+,11-/m1/s1. The summed E-state index contributed by atoms with van der Waals surface area (Å²) >= 11 is 2.28. The van der Waals surface area contributed by atoms with Gasteiger partial charge in [-0.15, -0.1) is 11.8 Å². The summed E-state index contributed by atoms with van der Waals surface area (Å²) in [5, 5.41) is 35.2. The fourth-order valence-electron chi connectivity index (χ4n) is 2.68. The van der Waals surface area contributed by atoms with Crippen molar-refractivity contribution in [3.05, 3.63) is 22.4 Å². The highest BCUT2D eigenvalue weighted by Crippen LogP contribution is 2.39. The van der Waals surface area contributed by atoms with E-state index in [0.29, 0.717) is 0 Å². The molecule has 2 heterocycles. The number of thiophene rings is 1. The first-order chi connectivity index (χ1) is 12.0. The van der Waals surface area contributed by atoms with E-state index in [1.54, 1.807) is 19.2 Å². The van der Waals surface area contributed by atoms with Crippen molar-refractivity contribution >= 4 is 46.9 Å². The van der Waals surface area contributed by atoms with E-state index in [0.717, 1.165) is 11.8 Å². The number of carboxylic acids is 3. The molecule has 0 saturated carbocycles. The molecule has 9 nitrogen and oxygen atoms in total. The minimum absolute atomic E-state index is 0.250. The molecule has 1 fully saturated rings. The van der Waals surface area contributed by atoms with Crippen LogP contribution < -0.4 is 10.6 Å². The van der Waals surface area contributed by atoms with Gasteiger partial charge in [-0.3, -0.25) is 19.7 Å². The molecule has 0 spiro atoms. The third-order valence-corrected chi connectivity index (χ3v) is 6.16. The number of hydrogen-bond donors (Lipinski definition) is 5. The fourth-order valence-corrected chi connectivity index (χ4v) is 4.85. The molecule has 2 rings (SSSR count). The second-order valence-corrected chi connectivity index (χ2v) is 8.81. The highest BCUT2D eigenvalue weighted by molar-refractivity contribution is 8.01. The van der Waals surface area contributed by atoms with Gasteiger partial charge in [-0.1, -0.05) is 0 Å². The van der Waals surface area contributed by atoms with E-state index in [1.165, 1.54) is 22.8 Å². The van der Waals surface area contributed by atoms with Crippen LogP contribution in [0.2, 0.25) is 0 Å². The van der Waals surface area contributed by atoms with E-state index < -0.39 is 51.9 Å². The van der Waals surface area contributed by atoms with E-state index in [-0.39, 0.29) is 5.56 Å². The Morgan fingerprint density at radius 2 is 1.85 bits per heavy atom. The predicted octanol–water partition coefficient (Wildman–Crippen LogP) is 0.380. The average Bonchev–Trinajstić information content (AvgIpc) is 3.11. The van der Waals surface area contributed by atoms with Gasteiger partial charge in [-0.05, 0) is 36.2 Å². The van der Waals surface area contributed by atoms with Crippen molar-refractivity contribution in [2.24, 2.45) is 0 Å². The van der Waals surface area contributed by atoms with Crippen LogP contribution in [0.15, 0.2) is 16.8 Å². The first kappa shape index (κ1) is 20.2. The minimum Gasteiger partial charge on any atom is -0.480 e. The Morgan fingerprint density at radius 1 is 1.19 bits per heavy atom. The first-order valence-electron chi connectivity index (χ1n) is 7.49. The second-order valence-electron chi connectivity index (χ2n) is 6.23. The van der Waals surface area contributed by atoms with Crippen molar-refractivity contribution in [2.75, 3.05) is 0 Å². The van der Waals surface area contributed by atoms with Gasteiger partial charge in [0.05, 0.1) is 5.37 Å². The monoisotopic (exact) mass is 402 g/mol. The molecule has 142 valence electrons. The number of rotatable bonds is 7. The Hall–Kier alpha value is -2.11. The van der Waals surface area contributed by atoms with Crippen LogP contribution >= 0.6 is 23.1 Å². The zero-order chi connectivity index (χ0) is 19.6. The largest absolute Gasteiger partial charge is 0.480 e. The van der Waals surface area contributed by atoms with Crippen LogP contribution in [0.1, 0.15) is 25.3 Å². The molecule has 1 amide bonds. The van der Waals surface area contributed by atoms with Gasteiger partial charge in [0.25, 0.3) is 0 Å². The van der Waals surface area contributed by atoms with Gasteiger partial charge in [0.2, 0.25) is 5.91 Å². The number of nitrogens with one attached hydrogen (secondary N) is 2. The van der Waals surface area contributed by atoms with Crippen LogP contribution in [-0.4, -0.2) is 61.3 Å². The molecular weight excluding hydrogens is 384 g/mol. The van der Waals surface area contributed by atoms with Gasteiger partial charge < -0.3 is 20.6 Å². The summed E-state index contributed by atoms with van der Waals surface area (Å²) in [6.45, 7) is 3.30. The van der Waals surface area contributed by atoms with Crippen LogP contribution in [0.25, 0.3) is 0 Å². The van der Waals surface area contributed by atoms with Crippen molar-refractivity contribution < 1.29 is 34.5 Å². The predicted molar refractivity (Wildman–Crippen MR) is 94.3 cm³/mol. The summed E-state index contributed by atoms with van der Waals surface area (Å²) in [6, 6.07) is -1.02. The van der Waals surface area contributed by atoms with E-state index in [9.17, 15) is 34.5 Å². The Kier molecular flexibility index (Phi) is 5.94. The summed E-state index contributed by atoms with van der Waals surface area (Å²) in [7, 11) is 0. The summed E-state index contributed by atoms with van der Waals surface area (Å²) in [5.74, 6) is -6.44. The van der Waals surface area contributed by atoms with E-state index in [4.69, 9.17) is 0 Å². The van der Waals surface area contributed by atoms with Crippen LogP contribution in [0.5, 0.6) is 0 Å². The summed E-state index contributed by atoms with van der Waals surface area (Å²) in [4.78, 5) is 46.9. The van der Waals surface area contributed by atoms with Gasteiger partial charge in [-0.2, -0.15) is 11.3 Å². The average molecular weight is 402 g/mol. The van der Waals surface area contributed by atoms with Crippen LogP contribution in [0.3, 0.4) is 0 Å². The Labute approximate surface area is 156 Å². The third kappa shape index (κ3) is 4.17. The maximum Gasteiger partial charge on any atom is 0.328 e. The topological polar surface area (TPSA) is 153 Å². The van der Waals surface area contributed by atoms with Crippen molar-refractivity contribution in [3.63, 3.8) is 0 Å². The number of thioether (sulfide) groups is 1. The maximum atomic E-state index is 12.4. The lowest BCUT2D eigenvalue weighted by molar-refractivity contribution is -0.147. The third-order valence-electron chi connectivity index (χ3n) is 3.96.